The van der Waals surface area contributed by atoms with Gasteiger partial charge in [-0.1, -0.05) is 19.1 Å². The number of rotatable bonds is 3. The van der Waals surface area contributed by atoms with Crippen molar-refractivity contribution in [2.75, 3.05) is 0 Å². The highest BCUT2D eigenvalue weighted by Crippen LogP contribution is 1.75. The van der Waals surface area contributed by atoms with Crippen molar-refractivity contribution in [2.45, 2.75) is 26.8 Å². The van der Waals surface area contributed by atoms with Crippen molar-refractivity contribution in [2.24, 2.45) is 0 Å². The molecule has 1 rings (SSSR count). The summed E-state index contributed by atoms with van der Waals surface area (Å²) in [4.78, 5) is 22.0. The maximum atomic E-state index is 11.5. The molecule has 0 atom stereocenters. The second-order valence-corrected chi connectivity index (χ2v) is 3.19. The summed E-state index contributed by atoms with van der Waals surface area (Å²) in [7, 11) is 0. The van der Waals surface area contributed by atoms with Crippen LogP contribution < -0.4 is 16.1 Å². The van der Waals surface area contributed by atoms with Crippen molar-refractivity contribution in [3.63, 3.8) is 0 Å². The Labute approximate surface area is 88.4 Å². The zero-order chi connectivity index (χ0) is 11.3. The Morgan fingerprint density at radius 3 is 2.67 bits per heavy atom. The minimum Gasteiger partial charge on any atom is -0.301 e. The van der Waals surface area contributed by atoms with Gasteiger partial charge >= 0.3 is 0 Å². The third kappa shape index (κ3) is 2.43. The van der Waals surface area contributed by atoms with E-state index >= 15 is 0 Å². The second kappa shape index (κ2) is 5.29. The number of nitrogens with zero attached hydrogens (tertiary/aromatic N) is 1. The molecular weight excluding hydrogens is 190 g/mol. The lowest BCUT2D eigenvalue weighted by atomic mass is 10.2. The van der Waals surface area contributed by atoms with Crippen molar-refractivity contribution >= 4 is 18.4 Å². The number of hydrogen-bond acceptors (Lipinski definition) is 2. The highest BCUT2D eigenvalue weighted by atomic mass is 16.1. The number of carbonyl (C=O) groups excluding carboxylic acids is 1. The zero-order valence-electron chi connectivity index (χ0n) is 9.06. The van der Waals surface area contributed by atoms with Gasteiger partial charge in [-0.3, -0.25) is 4.79 Å². The van der Waals surface area contributed by atoms with Crippen molar-refractivity contribution in [1.29, 1.82) is 0 Å². The lowest BCUT2D eigenvalue weighted by Crippen LogP contribution is -2.42. The first-order valence-corrected chi connectivity index (χ1v) is 5.04. The first-order valence-electron chi connectivity index (χ1n) is 5.04. The summed E-state index contributed by atoms with van der Waals surface area (Å²) in [5.41, 5.74) is -0.136. The molecule has 0 aliphatic rings. The normalized spacial score (nSPS) is 13.2. The fourth-order valence-electron chi connectivity index (χ4n) is 1.59. The molecule has 0 spiro atoms. The lowest BCUT2D eigenvalue weighted by Gasteiger charge is -2.02. The standard InChI is InChI=1S/C12H15NO2/c1-3-5-10-6-7-12(15)13(8-9-14)11(10)4-2/h4-7,9H,3,8H2,1-2H3/b10-5-,11-4+. The topological polar surface area (TPSA) is 39.1 Å². The van der Waals surface area contributed by atoms with E-state index in [4.69, 9.17) is 0 Å². The molecule has 0 aromatic carbocycles. The molecule has 0 saturated carbocycles. The summed E-state index contributed by atoms with van der Waals surface area (Å²) >= 11 is 0. The molecule has 15 heavy (non-hydrogen) atoms. The van der Waals surface area contributed by atoms with Gasteiger partial charge in [-0.15, -0.1) is 0 Å². The van der Waals surface area contributed by atoms with E-state index in [1.165, 1.54) is 10.6 Å². The summed E-state index contributed by atoms with van der Waals surface area (Å²) in [6.07, 6.45) is 5.53. The third-order valence-electron chi connectivity index (χ3n) is 2.21. The molecule has 0 radical (unpaired) electrons. The van der Waals surface area contributed by atoms with Crippen LogP contribution in [0.25, 0.3) is 12.2 Å². The number of aromatic nitrogens is 1. The maximum Gasteiger partial charge on any atom is 0.251 e. The van der Waals surface area contributed by atoms with E-state index in [2.05, 4.69) is 0 Å². The molecule has 80 valence electrons. The van der Waals surface area contributed by atoms with Crippen LogP contribution in [0.2, 0.25) is 0 Å². The largest absolute Gasteiger partial charge is 0.301 e. The van der Waals surface area contributed by atoms with Crippen LogP contribution in [0.1, 0.15) is 20.3 Å². The summed E-state index contributed by atoms with van der Waals surface area (Å²) in [6, 6.07) is 3.29. The Kier molecular flexibility index (Phi) is 4.03. The number of carbonyl (C=O) groups is 1. The lowest BCUT2D eigenvalue weighted by molar-refractivity contribution is -0.108. The van der Waals surface area contributed by atoms with Crippen LogP contribution in [0.3, 0.4) is 0 Å². The Hall–Kier alpha value is -1.64. The molecule has 1 heterocycles. The molecule has 0 aliphatic carbocycles. The number of pyridine rings is 1. The second-order valence-electron chi connectivity index (χ2n) is 3.19. The van der Waals surface area contributed by atoms with Gasteiger partial charge in [-0.05, 0) is 24.6 Å². The Morgan fingerprint density at radius 2 is 2.13 bits per heavy atom. The maximum absolute atomic E-state index is 11.5. The van der Waals surface area contributed by atoms with E-state index in [1.807, 2.05) is 26.0 Å². The van der Waals surface area contributed by atoms with Crippen LogP contribution in [0, 0.1) is 0 Å². The van der Waals surface area contributed by atoms with Gasteiger partial charge in [-0.25, -0.2) is 0 Å². The van der Waals surface area contributed by atoms with Crippen molar-refractivity contribution in [3.05, 3.63) is 33.1 Å². The molecule has 1 aromatic rings. The van der Waals surface area contributed by atoms with Gasteiger partial charge in [0.25, 0.3) is 5.56 Å². The Balaban J connectivity index is 3.63. The van der Waals surface area contributed by atoms with E-state index in [0.717, 1.165) is 23.3 Å². The third-order valence-corrected chi connectivity index (χ3v) is 2.21. The van der Waals surface area contributed by atoms with E-state index in [9.17, 15) is 9.59 Å². The SMILES string of the molecule is C/C=c1\c(=C/CC)ccc(=O)n1CC=O. The highest BCUT2D eigenvalue weighted by Gasteiger charge is 1.96. The Morgan fingerprint density at radius 1 is 1.40 bits per heavy atom. The Bertz CT molecular complexity index is 511. The summed E-state index contributed by atoms with van der Waals surface area (Å²) < 4.78 is 1.48. The minimum atomic E-state index is -0.136. The van der Waals surface area contributed by atoms with Gasteiger partial charge in [0.05, 0.1) is 6.54 Å². The fourth-order valence-corrected chi connectivity index (χ4v) is 1.59. The first kappa shape index (κ1) is 11.4. The van der Waals surface area contributed by atoms with Crippen LogP contribution in [0.4, 0.5) is 0 Å². The van der Waals surface area contributed by atoms with E-state index in [-0.39, 0.29) is 12.1 Å². The highest BCUT2D eigenvalue weighted by molar-refractivity contribution is 5.49. The van der Waals surface area contributed by atoms with Gasteiger partial charge in [0.1, 0.15) is 6.29 Å². The molecule has 1 aromatic heterocycles. The average Bonchev–Trinajstić information content (AvgIpc) is 2.24. The van der Waals surface area contributed by atoms with Crippen LogP contribution >= 0.6 is 0 Å². The van der Waals surface area contributed by atoms with Crippen molar-refractivity contribution in [3.8, 4) is 0 Å². The first-order chi connectivity index (χ1) is 7.24. The van der Waals surface area contributed by atoms with Crippen LogP contribution in [-0.4, -0.2) is 10.9 Å². The van der Waals surface area contributed by atoms with Crippen LogP contribution in [0.5, 0.6) is 0 Å². The van der Waals surface area contributed by atoms with Gasteiger partial charge in [0, 0.05) is 11.4 Å². The molecule has 0 amide bonds. The van der Waals surface area contributed by atoms with E-state index < -0.39 is 0 Å². The van der Waals surface area contributed by atoms with E-state index in [1.54, 1.807) is 6.07 Å². The number of hydrogen-bond donors (Lipinski definition) is 0. The summed E-state index contributed by atoms with van der Waals surface area (Å²) in [5.74, 6) is 0. The number of aldehydes is 1. The molecular formula is C12H15NO2. The molecule has 0 unspecified atom stereocenters. The quantitative estimate of drug-likeness (QED) is 0.653. The van der Waals surface area contributed by atoms with Crippen molar-refractivity contribution < 1.29 is 4.79 Å². The van der Waals surface area contributed by atoms with Gasteiger partial charge in [0.15, 0.2) is 0 Å². The van der Waals surface area contributed by atoms with Crippen LogP contribution in [-0.2, 0) is 11.3 Å². The molecule has 0 bridgehead atoms. The molecule has 0 saturated heterocycles. The minimum absolute atomic E-state index is 0.115. The molecule has 0 N–H and O–H groups in total. The van der Waals surface area contributed by atoms with Gasteiger partial charge in [-0.2, -0.15) is 0 Å². The molecule has 3 heteroatoms. The smallest absolute Gasteiger partial charge is 0.251 e. The monoisotopic (exact) mass is 205 g/mol. The fraction of sp³-hybridized carbons (Fsp3) is 0.333. The average molecular weight is 205 g/mol. The molecule has 0 aliphatic heterocycles. The molecule has 3 nitrogen and oxygen atoms in total. The predicted octanol–water partition coefficient (Wildman–Crippen LogP) is 0.0381. The molecule has 0 fully saturated rings. The van der Waals surface area contributed by atoms with Crippen molar-refractivity contribution in [1.82, 2.24) is 4.57 Å². The summed E-state index contributed by atoms with van der Waals surface area (Å²) in [6.45, 7) is 4.02. The zero-order valence-corrected chi connectivity index (χ0v) is 9.06. The predicted molar refractivity (Wildman–Crippen MR) is 60.9 cm³/mol. The van der Waals surface area contributed by atoms with E-state index in [0.29, 0.717) is 0 Å². The van der Waals surface area contributed by atoms with Crippen LogP contribution in [0.15, 0.2) is 16.9 Å². The van der Waals surface area contributed by atoms with Gasteiger partial charge < -0.3 is 9.36 Å². The van der Waals surface area contributed by atoms with Gasteiger partial charge in [0.2, 0.25) is 0 Å². The summed E-state index contributed by atoms with van der Waals surface area (Å²) in [5, 5.41) is 1.82.